The van der Waals surface area contributed by atoms with Crippen molar-refractivity contribution in [2.24, 2.45) is 0 Å². The summed E-state index contributed by atoms with van der Waals surface area (Å²) in [4.78, 5) is 44.9. The van der Waals surface area contributed by atoms with Gasteiger partial charge in [-0.15, -0.1) is 11.3 Å². The summed E-state index contributed by atoms with van der Waals surface area (Å²) in [6.07, 6.45) is 3.55. The van der Waals surface area contributed by atoms with Crippen molar-refractivity contribution < 1.29 is 19.5 Å². The lowest BCUT2D eigenvalue weighted by atomic mass is 10.0. The van der Waals surface area contributed by atoms with Gasteiger partial charge in [-0.25, -0.2) is 9.97 Å². The van der Waals surface area contributed by atoms with Crippen molar-refractivity contribution in [1.82, 2.24) is 20.6 Å². The van der Waals surface area contributed by atoms with Gasteiger partial charge in [0.25, 0.3) is 5.91 Å². The van der Waals surface area contributed by atoms with E-state index in [1.54, 1.807) is 29.9 Å². The standard InChI is InChI=1S/C22H22N4O4S/c1-14-12-24-20(25-13-14)16-6-4-15(5-7-16)11-17(21(29)23-9-8-19(27)28)26-22(30)18-3-2-10-31-18/h2-7,10,12-13,17H,8-9,11H2,1H3,(H,23,29)(H,26,30)(H,27,28). The molecule has 1 aromatic carbocycles. The number of carboxylic acid groups (broad SMARTS) is 1. The fourth-order valence-corrected chi connectivity index (χ4v) is 3.46. The zero-order valence-electron chi connectivity index (χ0n) is 16.9. The number of amides is 2. The third-order valence-corrected chi connectivity index (χ3v) is 5.31. The van der Waals surface area contributed by atoms with Gasteiger partial charge in [0.15, 0.2) is 5.82 Å². The van der Waals surface area contributed by atoms with Gasteiger partial charge in [0, 0.05) is 30.9 Å². The molecule has 0 spiro atoms. The second-order valence-corrected chi connectivity index (χ2v) is 7.87. The number of thiophene rings is 1. The number of hydrogen-bond acceptors (Lipinski definition) is 6. The van der Waals surface area contributed by atoms with Crippen LogP contribution in [0.5, 0.6) is 0 Å². The second-order valence-electron chi connectivity index (χ2n) is 6.92. The first-order valence-corrected chi connectivity index (χ1v) is 10.5. The number of nitrogens with one attached hydrogen (secondary N) is 2. The number of rotatable bonds is 9. The Morgan fingerprint density at radius 3 is 2.42 bits per heavy atom. The molecule has 0 aliphatic rings. The highest BCUT2D eigenvalue weighted by Crippen LogP contribution is 2.17. The van der Waals surface area contributed by atoms with E-state index in [-0.39, 0.29) is 25.3 Å². The number of carboxylic acids is 1. The Balaban J connectivity index is 1.71. The third-order valence-electron chi connectivity index (χ3n) is 4.44. The largest absolute Gasteiger partial charge is 0.481 e. The predicted molar refractivity (Wildman–Crippen MR) is 117 cm³/mol. The molecule has 2 heterocycles. The number of nitrogens with zero attached hydrogens (tertiary/aromatic N) is 2. The Morgan fingerprint density at radius 2 is 1.81 bits per heavy atom. The highest BCUT2D eigenvalue weighted by molar-refractivity contribution is 7.12. The first-order chi connectivity index (χ1) is 14.9. The minimum Gasteiger partial charge on any atom is -0.481 e. The van der Waals surface area contributed by atoms with Crippen LogP contribution in [0.3, 0.4) is 0 Å². The maximum Gasteiger partial charge on any atom is 0.305 e. The van der Waals surface area contributed by atoms with Crippen molar-refractivity contribution in [2.45, 2.75) is 25.8 Å². The molecule has 0 saturated heterocycles. The van der Waals surface area contributed by atoms with Gasteiger partial charge in [0.1, 0.15) is 6.04 Å². The van der Waals surface area contributed by atoms with Crippen LogP contribution in [0.4, 0.5) is 0 Å². The van der Waals surface area contributed by atoms with Crippen LogP contribution in [0.1, 0.15) is 27.2 Å². The molecular weight excluding hydrogens is 416 g/mol. The topological polar surface area (TPSA) is 121 Å². The first kappa shape index (κ1) is 22.1. The molecule has 9 heteroatoms. The fourth-order valence-electron chi connectivity index (χ4n) is 2.83. The number of aliphatic carboxylic acids is 1. The molecule has 2 amide bonds. The van der Waals surface area contributed by atoms with Gasteiger partial charge in [-0.05, 0) is 29.5 Å². The highest BCUT2D eigenvalue weighted by Gasteiger charge is 2.22. The molecule has 2 aromatic heterocycles. The summed E-state index contributed by atoms with van der Waals surface area (Å²) in [6.45, 7) is 1.91. The van der Waals surface area contributed by atoms with Crippen molar-refractivity contribution in [3.05, 3.63) is 70.2 Å². The predicted octanol–water partition coefficient (Wildman–Crippen LogP) is 2.45. The van der Waals surface area contributed by atoms with Gasteiger partial charge in [-0.1, -0.05) is 30.3 Å². The van der Waals surface area contributed by atoms with E-state index in [0.717, 1.165) is 16.7 Å². The zero-order valence-corrected chi connectivity index (χ0v) is 17.7. The van der Waals surface area contributed by atoms with E-state index < -0.39 is 17.9 Å². The van der Waals surface area contributed by atoms with Crippen LogP contribution in [-0.2, 0) is 16.0 Å². The van der Waals surface area contributed by atoms with Gasteiger partial charge < -0.3 is 15.7 Å². The Bertz CT molecular complexity index is 1030. The van der Waals surface area contributed by atoms with Crippen molar-refractivity contribution in [2.75, 3.05) is 6.54 Å². The average molecular weight is 439 g/mol. The van der Waals surface area contributed by atoms with Crippen LogP contribution in [0.25, 0.3) is 11.4 Å². The lowest BCUT2D eigenvalue weighted by molar-refractivity contribution is -0.137. The van der Waals surface area contributed by atoms with Crippen molar-refractivity contribution in [3.8, 4) is 11.4 Å². The fraction of sp³-hybridized carbons (Fsp3) is 0.227. The van der Waals surface area contributed by atoms with Gasteiger partial charge in [0.2, 0.25) is 5.91 Å². The molecule has 0 radical (unpaired) electrons. The average Bonchev–Trinajstić information content (AvgIpc) is 3.29. The minimum absolute atomic E-state index is 0.0107. The van der Waals surface area contributed by atoms with E-state index >= 15 is 0 Å². The van der Waals surface area contributed by atoms with Crippen LogP contribution >= 0.6 is 11.3 Å². The van der Waals surface area contributed by atoms with E-state index in [1.807, 2.05) is 31.2 Å². The molecule has 0 aliphatic carbocycles. The number of hydrogen-bond donors (Lipinski definition) is 3. The Kier molecular flexibility index (Phi) is 7.45. The molecule has 160 valence electrons. The Hall–Kier alpha value is -3.59. The molecule has 0 aliphatic heterocycles. The zero-order chi connectivity index (χ0) is 22.2. The molecule has 1 atom stereocenters. The summed E-state index contributed by atoms with van der Waals surface area (Å²) in [7, 11) is 0. The van der Waals surface area contributed by atoms with Crippen LogP contribution in [0, 0.1) is 6.92 Å². The molecule has 1 unspecified atom stereocenters. The smallest absolute Gasteiger partial charge is 0.305 e. The number of carbonyl (C=O) groups is 3. The number of aromatic nitrogens is 2. The van der Waals surface area contributed by atoms with E-state index in [0.29, 0.717) is 10.7 Å². The molecular formula is C22H22N4O4S. The molecule has 31 heavy (non-hydrogen) atoms. The minimum atomic E-state index is -1.01. The lowest BCUT2D eigenvalue weighted by Gasteiger charge is -2.18. The SMILES string of the molecule is Cc1cnc(-c2ccc(CC(NC(=O)c3cccs3)C(=O)NCCC(=O)O)cc2)nc1. The second kappa shape index (κ2) is 10.4. The van der Waals surface area contributed by atoms with Gasteiger partial charge >= 0.3 is 5.97 Å². The van der Waals surface area contributed by atoms with Crippen LogP contribution in [0.15, 0.2) is 54.2 Å². The number of aryl methyl sites for hydroxylation is 1. The lowest BCUT2D eigenvalue weighted by Crippen LogP contribution is -2.48. The van der Waals surface area contributed by atoms with Gasteiger partial charge in [-0.3, -0.25) is 14.4 Å². The Morgan fingerprint density at radius 1 is 1.10 bits per heavy atom. The van der Waals surface area contributed by atoms with Gasteiger partial charge in [0.05, 0.1) is 11.3 Å². The van der Waals surface area contributed by atoms with Crippen LogP contribution < -0.4 is 10.6 Å². The maximum atomic E-state index is 12.6. The molecule has 0 bridgehead atoms. The summed E-state index contributed by atoms with van der Waals surface area (Å²) < 4.78 is 0. The molecule has 8 nitrogen and oxygen atoms in total. The van der Waals surface area contributed by atoms with E-state index in [1.165, 1.54) is 11.3 Å². The summed E-state index contributed by atoms with van der Waals surface area (Å²) in [5, 5.41) is 15.9. The molecule has 3 rings (SSSR count). The molecule has 3 N–H and O–H groups in total. The van der Waals surface area contributed by atoms with Crippen LogP contribution in [-0.4, -0.2) is 45.4 Å². The first-order valence-electron chi connectivity index (χ1n) is 9.64. The Labute approximate surface area is 183 Å². The summed E-state index contributed by atoms with van der Waals surface area (Å²) >= 11 is 1.28. The van der Waals surface area contributed by atoms with E-state index in [2.05, 4.69) is 20.6 Å². The molecule has 0 saturated carbocycles. The number of carbonyl (C=O) groups excluding carboxylic acids is 2. The third kappa shape index (κ3) is 6.45. The number of benzene rings is 1. The molecule has 0 fully saturated rings. The van der Waals surface area contributed by atoms with E-state index in [9.17, 15) is 14.4 Å². The summed E-state index contributed by atoms with van der Waals surface area (Å²) in [5.41, 5.74) is 2.65. The van der Waals surface area contributed by atoms with Gasteiger partial charge in [-0.2, -0.15) is 0 Å². The summed E-state index contributed by atoms with van der Waals surface area (Å²) in [5.74, 6) is -1.19. The van der Waals surface area contributed by atoms with E-state index in [4.69, 9.17) is 5.11 Å². The van der Waals surface area contributed by atoms with Crippen molar-refractivity contribution in [1.29, 1.82) is 0 Å². The molecule has 3 aromatic rings. The quantitative estimate of drug-likeness (QED) is 0.472. The summed E-state index contributed by atoms with van der Waals surface area (Å²) in [6, 6.07) is 10.0. The maximum absolute atomic E-state index is 12.6. The van der Waals surface area contributed by atoms with Crippen LogP contribution in [0.2, 0.25) is 0 Å². The monoisotopic (exact) mass is 438 g/mol. The normalized spacial score (nSPS) is 11.5. The highest BCUT2D eigenvalue weighted by atomic mass is 32.1. The van der Waals surface area contributed by atoms with Crippen molar-refractivity contribution in [3.63, 3.8) is 0 Å². The van der Waals surface area contributed by atoms with Crippen molar-refractivity contribution >= 4 is 29.1 Å².